The Morgan fingerprint density at radius 3 is 0.545 bits per heavy atom. The Morgan fingerprint density at radius 2 is 0.545 bits per heavy atom. The molecule has 0 aromatic carbocycles. The van der Waals surface area contributed by atoms with E-state index < -0.39 is 0 Å². The molecule has 0 saturated carbocycles. The van der Waals surface area contributed by atoms with Gasteiger partial charge in [-0.25, -0.2) is 0 Å². The van der Waals surface area contributed by atoms with Gasteiger partial charge in [0.25, 0.3) is 0 Å². The molecule has 0 radical (unpaired) electrons. The first-order valence-electron chi connectivity index (χ1n) is 1.20. The molecule has 0 saturated heterocycles. The van der Waals surface area contributed by atoms with Crippen molar-refractivity contribution in [2.75, 3.05) is 0 Å². The van der Waals surface area contributed by atoms with E-state index in [1.807, 2.05) is 0 Å². The zero-order chi connectivity index (χ0) is 8.12. The van der Waals surface area contributed by atoms with Crippen LogP contribution in [0.1, 0.15) is 0 Å². The molecule has 0 aromatic rings. The van der Waals surface area contributed by atoms with E-state index >= 15 is 0 Å². The van der Waals surface area contributed by atoms with Crippen molar-refractivity contribution in [2.24, 2.45) is 0 Å². The molecule has 0 bridgehead atoms. The van der Waals surface area contributed by atoms with Crippen LogP contribution >= 0.6 is 0 Å². The van der Waals surface area contributed by atoms with Crippen LogP contribution in [-0.4, -0.2) is 0 Å². The maximum atomic E-state index is 6.75. The van der Waals surface area contributed by atoms with E-state index in [4.69, 9.17) is 33.2 Å². The van der Waals surface area contributed by atoms with Crippen molar-refractivity contribution < 1.29 is 46.0 Å². The third kappa shape index (κ3) is 1560. The largest absolute Gasteiger partial charge is 2.00 e. The maximum Gasteiger partial charge on any atom is 2.00 e. The maximum absolute atomic E-state index is 6.75. The molecule has 0 atom stereocenters. The van der Waals surface area contributed by atoms with Crippen LogP contribution in [0.15, 0.2) is 0 Å². The molecule has 11 heavy (non-hydrogen) atoms. The van der Waals surface area contributed by atoms with Crippen LogP contribution in [0.4, 0.5) is 0 Å². The molecule has 9 nitrogen and oxygen atoms in total. The van der Waals surface area contributed by atoms with E-state index in [2.05, 4.69) is 0 Å². The van der Waals surface area contributed by atoms with Gasteiger partial charge in [-0.15, -0.1) is 0 Å². The molecule has 0 aliphatic carbocycles. The van der Waals surface area contributed by atoms with Gasteiger partial charge >= 0.3 is 46.0 Å². The van der Waals surface area contributed by atoms with Crippen LogP contribution in [-0.2, 0) is 16.5 Å². The second-order valence-electron chi connectivity index (χ2n) is 0.268. The first-order valence-corrected chi connectivity index (χ1v) is 1.20. The second-order valence-corrected chi connectivity index (χ2v) is 0.268. The fraction of sp³-hybridized carbons (Fsp3) is 0. The van der Waals surface area contributed by atoms with Crippen molar-refractivity contribution in [3.05, 3.63) is 47.9 Å². The SMILES string of the molecule is [N-]=[N+]=[N-].[N-]=[N+]=[N-].[N-]=[N+]=[N-].[Na+].[Ni+2]. The third-order valence-corrected chi connectivity index (χ3v) is 0. The van der Waals surface area contributed by atoms with Crippen molar-refractivity contribution in [3.8, 4) is 0 Å². The second kappa shape index (κ2) is 114. The molecule has 0 aliphatic heterocycles. The molecule has 0 aromatic heterocycles. The van der Waals surface area contributed by atoms with Crippen LogP contribution in [0.5, 0.6) is 0 Å². The summed E-state index contributed by atoms with van der Waals surface area (Å²) in [5, 5.41) is 0. The molecular formula is N9NaNi. The summed E-state index contributed by atoms with van der Waals surface area (Å²) in [5.74, 6) is 0. The topological polar surface area (TPSA) is 176 Å². The molecule has 0 N–H and O–H groups in total. The molecule has 56 valence electrons. The van der Waals surface area contributed by atoms with Crippen molar-refractivity contribution in [2.45, 2.75) is 0 Å². The van der Waals surface area contributed by atoms with Crippen LogP contribution in [0.3, 0.4) is 0 Å². The molecule has 11 heteroatoms. The van der Waals surface area contributed by atoms with E-state index in [1.165, 1.54) is 14.7 Å². The molecule has 0 unspecified atom stereocenters. The minimum absolute atomic E-state index is 0. The number of rotatable bonds is 0. The Hall–Kier alpha value is -0.576. The van der Waals surface area contributed by atoms with E-state index in [-0.39, 0.29) is 46.0 Å². The quantitative estimate of drug-likeness (QED) is 0.217. The van der Waals surface area contributed by atoms with Gasteiger partial charge in [-0.3, -0.25) is 14.7 Å². The average molecular weight is 208 g/mol. The van der Waals surface area contributed by atoms with E-state index in [0.717, 1.165) is 0 Å². The minimum atomic E-state index is 0. The van der Waals surface area contributed by atoms with Gasteiger partial charge in [0.15, 0.2) is 0 Å². The Balaban J connectivity index is -0.0000000150. The van der Waals surface area contributed by atoms with Crippen molar-refractivity contribution in [3.63, 3.8) is 0 Å². The van der Waals surface area contributed by atoms with Gasteiger partial charge in [0.2, 0.25) is 0 Å². The van der Waals surface area contributed by atoms with Crippen LogP contribution in [0.2, 0.25) is 0 Å². The van der Waals surface area contributed by atoms with Gasteiger partial charge in [-0.05, 0) is 0 Å². The molecule has 0 spiro atoms. The summed E-state index contributed by atoms with van der Waals surface area (Å²) in [4.78, 5) is 4.50. The first-order chi connectivity index (χ1) is 4.24. The fourth-order valence-corrected chi connectivity index (χ4v) is 0. The zero-order valence-electron chi connectivity index (χ0n) is 5.34. The average Bonchev–Trinajstić information content (AvgIpc) is 1.70. The Labute approximate surface area is 93.6 Å². The summed E-state index contributed by atoms with van der Waals surface area (Å²) in [5.41, 5.74) is 40.5. The van der Waals surface area contributed by atoms with Gasteiger partial charge < -0.3 is 33.2 Å². The van der Waals surface area contributed by atoms with Crippen molar-refractivity contribution in [1.82, 2.24) is 0 Å². The summed E-state index contributed by atoms with van der Waals surface area (Å²) in [6, 6.07) is 0. The smallest absolute Gasteiger partial charge is 0.373 e. The zero-order valence-corrected chi connectivity index (χ0v) is 8.33. The number of hydrogen-bond donors (Lipinski definition) is 0. The van der Waals surface area contributed by atoms with Crippen molar-refractivity contribution in [1.29, 1.82) is 0 Å². The molecule has 0 fully saturated rings. The molecule has 0 aliphatic rings. The van der Waals surface area contributed by atoms with Crippen LogP contribution < -0.4 is 29.6 Å². The summed E-state index contributed by atoms with van der Waals surface area (Å²) >= 11 is 0. The Morgan fingerprint density at radius 1 is 0.545 bits per heavy atom. The van der Waals surface area contributed by atoms with Crippen LogP contribution in [0, 0.1) is 0 Å². The minimum Gasteiger partial charge on any atom is -0.373 e. The predicted molar refractivity (Wildman–Crippen MR) is 30.2 cm³/mol. The van der Waals surface area contributed by atoms with Gasteiger partial charge in [0.1, 0.15) is 0 Å². The summed E-state index contributed by atoms with van der Waals surface area (Å²) < 4.78 is 0. The monoisotopic (exact) mass is 207 g/mol. The number of hydrogen-bond acceptors (Lipinski definition) is 0. The Kier molecular flexibility index (Phi) is 326. The predicted octanol–water partition coefficient (Wildman–Crippen LogP) is -0.400. The first kappa shape index (κ1) is 31.5. The van der Waals surface area contributed by atoms with Gasteiger partial charge in [-0.1, -0.05) is 0 Å². The van der Waals surface area contributed by atoms with Gasteiger partial charge in [0.05, 0.1) is 0 Å². The summed E-state index contributed by atoms with van der Waals surface area (Å²) in [7, 11) is 0. The van der Waals surface area contributed by atoms with E-state index in [0.29, 0.717) is 0 Å². The molecule has 0 heterocycles. The number of nitrogens with zero attached hydrogens (tertiary/aromatic N) is 9. The summed E-state index contributed by atoms with van der Waals surface area (Å²) in [6.07, 6.45) is 0. The normalized spacial score (nSPS) is 2.18. The van der Waals surface area contributed by atoms with E-state index in [9.17, 15) is 0 Å². The van der Waals surface area contributed by atoms with Crippen molar-refractivity contribution >= 4 is 0 Å². The van der Waals surface area contributed by atoms with E-state index in [1.54, 1.807) is 0 Å². The van der Waals surface area contributed by atoms with Gasteiger partial charge in [0, 0.05) is 0 Å². The standard InChI is InChI=1S/3N3.Na.Ni/c3*1-3-2;;/q3*-1;+1;+2. The molecule has 0 rings (SSSR count). The molecule has 0 amide bonds. The third-order valence-electron chi connectivity index (χ3n) is 0. The summed E-state index contributed by atoms with van der Waals surface area (Å²) in [6.45, 7) is 0. The Bertz CT molecular complexity index is 101. The fourth-order valence-electron chi connectivity index (χ4n) is 0. The molecular weight excluding hydrogens is 208 g/mol. The van der Waals surface area contributed by atoms with Gasteiger partial charge in [-0.2, -0.15) is 0 Å². The van der Waals surface area contributed by atoms with Crippen LogP contribution in [0.25, 0.3) is 47.9 Å².